The lowest BCUT2D eigenvalue weighted by molar-refractivity contribution is -0.138. The Morgan fingerprint density at radius 2 is 1.85 bits per heavy atom. The highest BCUT2D eigenvalue weighted by Crippen LogP contribution is 2.05. The summed E-state index contributed by atoms with van der Waals surface area (Å²) < 4.78 is 0. The van der Waals surface area contributed by atoms with Crippen LogP contribution in [0.3, 0.4) is 0 Å². The number of carbonyl (C=O) groups excluding carboxylic acids is 3. The molecule has 0 fully saturated rings. The quantitative estimate of drug-likeness (QED) is 0.341. The predicted octanol–water partition coefficient (Wildman–Crippen LogP) is -1.17. The molecule has 144 valence electrons. The van der Waals surface area contributed by atoms with Gasteiger partial charge in [-0.1, -0.05) is 25.2 Å². The maximum Gasteiger partial charge on any atom is 0.322 e. The van der Waals surface area contributed by atoms with Crippen LogP contribution in [-0.2, 0) is 25.6 Å². The van der Waals surface area contributed by atoms with Crippen LogP contribution in [-0.4, -0.2) is 52.9 Å². The fourth-order valence-corrected chi connectivity index (χ4v) is 2.72. The minimum Gasteiger partial charge on any atom is -0.480 e. The maximum absolute atomic E-state index is 12.0. The topological polar surface area (TPSA) is 157 Å². The standard InChI is InChI=1S/C15H22N4O6S/c1-8(2)3-10(14(24)17-7-13(22)23)19-12(21)6-16-11(20)4-9-5-18-15(25)26-9/h5,8,10H,3-4,6-7H2,1-2H3,(H,16,20)(H,17,24)(H,18,25)(H,19,21)(H,22,23)/t10-/m0/s1. The Kier molecular flexibility index (Phi) is 8.49. The van der Waals surface area contributed by atoms with E-state index in [0.29, 0.717) is 11.3 Å². The lowest BCUT2D eigenvalue weighted by atomic mass is 10.0. The van der Waals surface area contributed by atoms with E-state index in [1.165, 1.54) is 6.20 Å². The SMILES string of the molecule is CC(C)C[C@H](NC(=O)CNC(=O)Cc1c[nH]c(=O)s1)C(=O)NCC(=O)O. The molecule has 0 aliphatic carbocycles. The fraction of sp³-hybridized carbons (Fsp3) is 0.533. The summed E-state index contributed by atoms with van der Waals surface area (Å²) in [5.41, 5.74) is 0. The van der Waals surface area contributed by atoms with Crippen LogP contribution in [0.2, 0.25) is 0 Å². The number of carboxylic acids is 1. The molecule has 0 saturated heterocycles. The molecule has 1 aromatic heterocycles. The molecule has 0 aliphatic heterocycles. The average Bonchev–Trinajstić information content (AvgIpc) is 2.94. The van der Waals surface area contributed by atoms with Gasteiger partial charge in [-0.15, -0.1) is 0 Å². The molecule has 0 aromatic carbocycles. The molecule has 1 heterocycles. The average molecular weight is 386 g/mol. The van der Waals surface area contributed by atoms with Gasteiger partial charge in [0.2, 0.25) is 17.7 Å². The van der Waals surface area contributed by atoms with Gasteiger partial charge < -0.3 is 26.0 Å². The van der Waals surface area contributed by atoms with Crippen LogP contribution in [0.5, 0.6) is 0 Å². The molecule has 5 N–H and O–H groups in total. The first-order valence-corrected chi connectivity index (χ1v) is 8.72. The largest absolute Gasteiger partial charge is 0.480 e. The van der Waals surface area contributed by atoms with Crippen molar-refractivity contribution in [1.29, 1.82) is 0 Å². The number of thiazole rings is 1. The van der Waals surface area contributed by atoms with E-state index in [2.05, 4.69) is 20.9 Å². The highest BCUT2D eigenvalue weighted by molar-refractivity contribution is 7.09. The molecule has 0 radical (unpaired) electrons. The van der Waals surface area contributed by atoms with Crippen LogP contribution in [0.4, 0.5) is 0 Å². The molecule has 26 heavy (non-hydrogen) atoms. The number of H-pyrrole nitrogens is 1. The summed E-state index contributed by atoms with van der Waals surface area (Å²) in [5.74, 6) is -2.71. The number of amides is 3. The zero-order chi connectivity index (χ0) is 19.7. The van der Waals surface area contributed by atoms with Crippen LogP contribution in [0, 0.1) is 5.92 Å². The molecule has 0 spiro atoms. The molecule has 1 atom stereocenters. The minimum absolute atomic E-state index is 0.0365. The van der Waals surface area contributed by atoms with Gasteiger partial charge in [-0.2, -0.15) is 0 Å². The van der Waals surface area contributed by atoms with Crippen molar-refractivity contribution in [3.8, 4) is 0 Å². The Labute approximate surface area is 153 Å². The minimum atomic E-state index is -1.19. The Morgan fingerprint density at radius 1 is 1.15 bits per heavy atom. The van der Waals surface area contributed by atoms with Crippen molar-refractivity contribution in [3.63, 3.8) is 0 Å². The van der Waals surface area contributed by atoms with E-state index in [0.717, 1.165) is 11.3 Å². The van der Waals surface area contributed by atoms with Crippen molar-refractivity contribution in [3.05, 3.63) is 20.7 Å². The Morgan fingerprint density at radius 3 is 2.38 bits per heavy atom. The molecule has 3 amide bonds. The second-order valence-corrected chi connectivity index (χ2v) is 7.06. The first kappa shape index (κ1) is 21.4. The highest BCUT2D eigenvalue weighted by Gasteiger charge is 2.22. The van der Waals surface area contributed by atoms with Crippen LogP contribution in [0.25, 0.3) is 0 Å². The highest BCUT2D eigenvalue weighted by atomic mass is 32.1. The number of rotatable bonds is 10. The van der Waals surface area contributed by atoms with Crippen LogP contribution in [0.15, 0.2) is 11.0 Å². The van der Waals surface area contributed by atoms with Gasteiger partial charge in [-0.05, 0) is 12.3 Å². The molecule has 0 bridgehead atoms. The zero-order valence-corrected chi connectivity index (χ0v) is 15.3. The van der Waals surface area contributed by atoms with E-state index >= 15 is 0 Å². The van der Waals surface area contributed by atoms with E-state index in [9.17, 15) is 24.0 Å². The van der Waals surface area contributed by atoms with Crippen molar-refractivity contribution in [2.24, 2.45) is 5.92 Å². The van der Waals surface area contributed by atoms with Crippen molar-refractivity contribution in [1.82, 2.24) is 20.9 Å². The van der Waals surface area contributed by atoms with Gasteiger partial charge in [0.1, 0.15) is 12.6 Å². The number of hydrogen-bond acceptors (Lipinski definition) is 6. The van der Waals surface area contributed by atoms with Gasteiger partial charge in [0.25, 0.3) is 0 Å². The molecule has 11 heteroatoms. The van der Waals surface area contributed by atoms with Crippen LogP contribution >= 0.6 is 11.3 Å². The number of aliphatic carboxylic acids is 1. The molecular weight excluding hydrogens is 364 g/mol. The lowest BCUT2D eigenvalue weighted by Gasteiger charge is -2.19. The Bertz CT molecular complexity index is 711. The van der Waals surface area contributed by atoms with Gasteiger partial charge in [0.15, 0.2) is 0 Å². The predicted molar refractivity (Wildman–Crippen MR) is 93.7 cm³/mol. The molecule has 0 unspecified atom stereocenters. The summed E-state index contributed by atoms with van der Waals surface area (Å²) in [6, 6.07) is -0.895. The van der Waals surface area contributed by atoms with Gasteiger partial charge in [0, 0.05) is 11.1 Å². The summed E-state index contributed by atoms with van der Waals surface area (Å²) in [7, 11) is 0. The number of aromatic amines is 1. The van der Waals surface area contributed by atoms with Crippen molar-refractivity contribution in [2.45, 2.75) is 32.7 Å². The number of hydrogen-bond donors (Lipinski definition) is 5. The molecule has 0 saturated carbocycles. The Hall–Kier alpha value is -2.69. The van der Waals surface area contributed by atoms with E-state index in [-0.39, 0.29) is 23.8 Å². The summed E-state index contributed by atoms with van der Waals surface area (Å²) in [5, 5.41) is 15.7. The van der Waals surface area contributed by atoms with E-state index in [1.54, 1.807) is 0 Å². The third-order valence-electron chi connectivity index (χ3n) is 3.13. The fourth-order valence-electron chi connectivity index (χ4n) is 2.04. The molecule has 10 nitrogen and oxygen atoms in total. The first-order chi connectivity index (χ1) is 12.2. The molecular formula is C15H22N4O6S. The van der Waals surface area contributed by atoms with Crippen molar-refractivity contribution < 1.29 is 24.3 Å². The number of aromatic nitrogens is 1. The molecule has 1 aromatic rings. The van der Waals surface area contributed by atoms with Gasteiger partial charge in [-0.3, -0.25) is 24.0 Å². The second-order valence-electron chi connectivity index (χ2n) is 5.96. The van der Waals surface area contributed by atoms with Gasteiger partial charge in [-0.25, -0.2) is 0 Å². The monoisotopic (exact) mass is 386 g/mol. The summed E-state index contributed by atoms with van der Waals surface area (Å²) in [6.45, 7) is 2.83. The van der Waals surface area contributed by atoms with Gasteiger partial charge in [0.05, 0.1) is 13.0 Å². The summed E-state index contributed by atoms with van der Waals surface area (Å²) >= 11 is 0.906. The van der Waals surface area contributed by atoms with E-state index < -0.39 is 36.3 Å². The van der Waals surface area contributed by atoms with Crippen molar-refractivity contribution >= 4 is 35.0 Å². The summed E-state index contributed by atoms with van der Waals surface area (Å²) in [4.78, 5) is 59.9. The summed E-state index contributed by atoms with van der Waals surface area (Å²) in [6.07, 6.45) is 1.71. The first-order valence-electron chi connectivity index (χ1n) is 7.90. The van der Waals surface area contributed by atoms with Crippen molar-refractivity contribution in [2.75, 3.05) is 13.1 Å². The lowest BCUT2D eigenvalue weighted by Crippen LogP contribution is -2.50. The number of carboxylic acid groups (broad SMARTS) is 1. The molecule has 0 aliphatic rings. The van der Waals surface area contributed by atoms with Crippen LogP contribution < -0.4 is 20.8 Å². The number of carbonyl (C=O) groups is 4. The van der Waals surface area contributed by atoms with Gasteiger partial charge >= 0.3 is 10.8 Å². The Balaban J connectivity index is 2.49. The third-order valence-corrected chi connectivity index (χ3v) is 3.96. The second kappa shape index (κ2) is 10.3. The maximum atomic E-state index is 12.0. The normalized spacial score (nSPS) is 11.7. The molecule has 1 rings (SSSR count). The third kappa shape index (κ3) is 8.42. The zero-order valence-electron chi connectivity index (χ0n) is 14.5. The smallest absolute Gasteiger partial charge is 0.322 e. The van der Waals surface area contributed by atoms with Crippen LogP contribution in [0.1, 0.15) is 25.1 Å². The van der Waals surface area contributed by atoms with E-state index in [1.807, 2.05) is 13.8 Å². The number of nitrogens with one attached hydrogen (secondary N) is 4. The van der Waals surface area contributed by atoms with E-state index in [4.69, 9.17) is 5.11 Å².